The fourth-order valence-electron chi connectivity index (χ4n) is 1.44. The molecule has 0 aliphatic heterocycles. The Morgan fingerprint density at radius 2 is 2.06 bits per heavy atom. The summed E-state index contributed by atoms with van der Waals surface area (Å²) in [7, 11) is 1.57. The second kappa shape index (κ2) is 5.16. The lowest BCUT2D eigenvalue weighted by molar-refractivity contribution is 0.413. The molecule has 2 aromatic rings. The monoisotopic (exact) mass is 230 g/mol. The zero-order valence-electron chi connectivity index (χ0n) is 9.55. The average Bonchev–Trinajstić information content (AvgIpc) is 2.38. The van der Waals surface area contributed by atoms with E-state index >= 15 is 0 Å². The van der Waals surface area contributed by atoms with Crippen LogP contribution in [0.5, 0.6) is 5.75 Å². The third kappa shape index (κ3) is 2.84. The first kappa shape index (κ1) is 11.2. The lowest BCUT2D eigenvalue weighted by Crippen LogP contribution is -2.06. The summed E-state index contributed by atoms with van der Waals surface area (Å²) in [6.45, 7) is 0.660. The summed E-state index contributed by atoms with van der Waals surface area (Å²) >= 11 is 0. The molecule has 0 spiro atoms. The zero-order chi connectivity index (χ0) is 12.1. The summed E-state index contributed by atoms with van der Waals surface area (Å²) in [6.07, 6.45) is 1.55. The van der Waals surface area contributed by atoms with E-state index in [4.69, 9.17) is 10.5 Å². The van der Waals surface area contributed by atoms with E-state index in [2.05, 4.69) is 15.3 Å². The van der Waals surface area contributed by atoms with E-state index in [1.807, 2.05) is 30.3 Å². The van der Waals surface area contributed by atoms with Gasteiger partial charge in [-0.2, -0.15) is 4.98 Å². The smallest absolute Gasteiger partial charge is 0.222 e. The van der Waals surface area contributed by atoms with Crippen LogP contribution in [0, 0.1) is 0 Å². The Hall–Kier alpha value is -2.30. The fraction of sp³-hybridized carbons (Fsp3) is 0.167. The summed E-state index contributed by atoms with van der Waals surface area (Å²) in [5, 5.41) is 3.17. The Morgan fingerprint density at radius 1 is 1.29 bits per heavy atom. The fourth-order valence-corrected chi connectivity index (χ4v) is 1.44. The third-order valence-corrected chi connectivity index (χ3v) is 2.30. The van der Waals surface area contributed by atoms with Crippen molar-refractivity contribution in [1.82, 2.24) is 9.97 Å². The molecule has 0 atom stereocenters. The summed E-state index contributed by atoms with van der Waals surface area (Å²) in [6, 6.07) is 10.0. The minimum Gasteiger partial charge on any atom is -0.491 e. The topological polar surface area (TPSA) is 73.1 Å². The maximum atomic E-state index is 5.53. The van der Waals surface area contributed by atoms with Gasteiger partial charge in [0.1, 0.15) is 0 Å². The molecule has 0 bridgehead atoms. The van der Waals surface area contributed by atoms with Gasteiger partial charge in [0.2, 0.25) is 5.95 Å². The molecule has 0 aliphatic rings. The molecule has 5 nitrogen and oxygen atoms in total. The van der Waals surface area contributed by atoms with E-state index in [9.17, 15) is 0 Å². The van der Waals surface area contributed by atoms with Crippen molar-refractivity contribution in [2.45, 2.75) is 6.54 Å². The number of aromatic nitrogens is 2. The van der Waals surface area contributed by atoms with Crippen LogP contribution >= 0.6 is 0 Å². The molecule has 1 aromatic heterocycles. The number of benzene rings is 1. The number of nitrogens with one attached hydrogen (secondary N) is 1. The lowest BCUT2D eigenvalue weighted by atomic mass is 10.2. The number of nitrogens with two attached hydrogens (primary N) is 1. The van der Waals surface area contributed by atoms with E-state index in [0.717, 1.165) is 5.56 Å². The molecule has 0 fully saturated rings. The SMILES string of the molecule is COc1cnc(N)nc1NCc1ccccc1. The van der Waals surface area contributed by atoms with Crippen molar-refractivity contribution in [2.24, 2.45) is 0 Å². The van der Waals surface area contributed by atoms with Crippen LogP contribution in [0.4, 0.5) is 11.8 Å². The molecule has 2 rings (SSSR count). The normalized spacial score (nSPS) is 9.94. The molecule has 0 saturated carbocycles. The first-order chi connectivity index (χ1) is 8.29. The summed E-state index contributed by atoms with van der Waals surface area (Å²) in [5.41, 5.74) is 6.69. The Labute approximate surface area is 99.7 Å². The van der Waals surface area contributed by atoms with Gasteiger partial charge in [0.05, 0.1) is 13.3 Å². The van der Waals surface area contributed by atoms with E-state index in [0.29, 0.717) is 18.1 Å². The van der Waals surface area contributed by atoms with Gasteiger partial charge in [-0.05, 0) is 5.56 Å². The van der Waals surface area contributed by atoms with Crippen LogP contribution in [0.1, 0.15) is 5.56 Å². The Morgan fingerprint density at radius 3 is 2.76 bits per heavy atom. The van der Waals surface area contributed by atoms with E-state index in [1.165, 1.54) is 0 Å². The zero-order valence-corrected chi connectivity index (χ0v) is 9.55. The summed E-state index contributed by atoms with van der Waals surface area (Å²) in [5.74, 6) is 1.40. The predicted octanol–water partition coefficient (Wildman–Crippen LogP) is 1.68. The number of ether oxygens (including phenoxy) is 1. The average molecular weight is 230 g/mol. The Bertz CT molecular complexity index is 487. The number of nitrogen functional groups attached to an aromatic ring is 1. The largest absolute Gasteiger partial charge is 0.491 e. The number of nitrogens with zero attached hydrogens (tertiary/aromatic N) is 2. The second-order valence-electron chi connectivity index (χ2n) is 3.48. The van der Waals surface area contributed by atoms with Crippen molar-refractivity contribution in [3.63, 3.8) is 0 Å². The van der Waals surface area contributed by atoms with E-state index in [1.54, 1.807) is 13.3 Å². The molecular formula is C12H14N4O. The highest BCUT2D eigenvalue weighted by Gasteiger charge is 2.05. The lowest BCUT2D eigenvalue weighted by Gasteiger charge is -2.09. The molecule has 3 N–H and O–H groups in total. The minimum absolute atomic E-state index is 0.223. The van der Waals surface area contributed by atoms with Crippen molar-refractivity contribution in [2.75, 3.05) is 18.2 Å². The van der Waals surface area contributed by atoms with E-state index in [-0.39, 0.29) is 5.95 Å². The van der Waals surface area contributed by atoms with Crippen molar-refractivity contribution < 1.29 is 4.74 Å². The van der Waals surface area contributed by atoms with Crippen molar-refractivity contribution in [3.8, 4) is 5.75 Å². The maximum absolute atomic E-state index is 5.53. The molecule has 1 aromatic carbocycles. The van der Waals surface area contributed by atoms with Crippen molar-refractivity contribution in [1.29, 1.82) is 0 Å². The molecule has 1 heterocycles. The Kier molecular flexibility index (Phi) is 3.40. The van der Waals surface area contributed by atoms with Crippen molar-refractivity contribution in [3.05, 3.63) is 42.1 Å². The first-order valence-corrected chi connectivity index (χ1v) is 5.24. The standard InChI is InChI=1S/C12H14N4O/c1-17-10-8-15-12(13)16-11(10)14-7-9-5-3-2-4-6-9/h2-6,8H,7H2,1H3,(H3,13,14,15,16). The minimum atomic E-state index is 0.223. The second-order valence-corrected chi connectivity index (χ2v) is 3.48. The molecule has 0 radical (unpaired) electrons. The maximum Gasteiger partial charge on any atom is 0.222 e. The number of hydrogen-bond acceptors (Lipinski definition) is 5. The molecule has 0 amide bonds. The van der Waals surface area contributed by atoms with Gasteiger partial charge in [-0.25, -0.2) is 4.98 Å². The van der Waals surface area contributed by atoms with Gasteiger partial charge in [-0.3, -0.25) is 0 Å². The van der Waals surface area contributed by atoms with Crippen molar-refractivity contribution >= 4 is 11.8 Å². The number of anilines is 2. The number of hydrogen-bond donors (Lipinski definition) is 2. The molecule has 0 unspecified atom stereocenters. The summed E-state index contributed by atoms with van der Waals surface area (Å²) in [4.78, 5) is 7.96. The van der Waals surface area contributed by atoms with Gasteiger partial charge in [-0.1, -0.05) is 30.3 Å². The van der Waals surface area contributed by atoms with E-state index < -0.39 is 0 Å². The quantitative estimate of drug-likeness (QED) is 0.836. The van der Waals surface area contributed by atoms with Crippen LogP contribution in [0.15, 0.2) is 36.5 Å². The van der Waals surface area contributed by atoms with Crippen LogP contribution in [0.25, 0.3) is 0 Å². The predicted molar refractivity (Wildman–Crippen MR) is 66.8 cm³/mol. The van der Waals surface area contributed by atoms with Crippen LogP contribution < -0.4 is 15.8 Å². The molecular weight excluding hydrogens is 216 g/mol. The highest BCUT2D eigenvalue weighted by Crippen LogP contribution is 2.21. The van der Waals surface area contributed by atoms with Gasteiger partial charge in [0, 0.05) is 6.54 Å². The molecule has 88 valence electrons. The Balaban J connectivity index is 2.11. The van der Waals surface area contributed by atoms with Gasteiger partial charge in [0.25, 0.3) is 0 Å². The van der Waals surface area contributed by atoms with Crippen LogP contribution in [0.3, 0.4) is 0 Å². The first-order valence-electron chi connectivity index (χ1n) is 5.24. The molecule has 5 heteroatoms. The number of rotatable bonds is 4. The van der Waals surface area contributed by atoms with Crippen LogP contribution in [0.2, 0.25) is 0 Å². The molecule has 17 heavy (non-hydrogen) atoms. The molecule has 0 saturated heterocycles. The third-order valence-electron chi connectivity index (χ3n) is 2.30. The van der Waals surface area contributed by atoms with Gasteiger partial charge >= 0.3 is 0 Å². The van der Waals surface area contributed by atoms with Gasteiger partial charge in [-0.15, -0.1) is 0 Å². The van der Waals surface area contributed by atoms with Crippen LogP contribution in [-0.4, -0.2) is 17.1 Å². The highest BCUT2D eigenvalue weighted by atomic mass is 16.5. The highest BCUT2D eigenvalue weighted by molar-refractivity contribution is 5.51. The van der Waals surface area contributed by atoms with Gasteiger partial charge in [0.15, 0.2) is 11.6 Å². The molecule has 0 aliphatic carbocycles. The van der Waals surface area contributed by atoms with Gasteiger partial charge < -0.3 is 15.8 Å². The summed E-state index contributed by atoms with van der Waals surface area (Å²) < 4.78 is 5.15. The van der Waals surface area contributed by atoms with Crippen LogP contribution in [-0.2, 0) is 6.54 Å². The number of methoxy groups -OCH3 is 1.